The van der Waals surface area contributed by atoms with Gasteiger partial charge in [0.2, 0.25) is 0 Å². The molecule has 21 heavy (non-hydrogen) atoms. The molecule has 1 aromatic rings. The Hall–Kier alpha value is -2.01. The molecular formula is C15H18ClNO4. The molecule has 0 fully saturated rings. The van der Waals surface area contributed by atoms with Crippen molar-refractivity contribution < 1.29 is 19.4 Å². The number of carboxylic acid groups (broad SMARTS) is 1. The van der Waals surface area contributed by atoms with Crippen molar-refractivity contribution in [1.82, 2.24) is 5.32 Å². The maximum Gasteiger partial charge on any atom is 0.328 e. The van der Waals surface area contributed by atoms with Crippen molar-refractivity contribution in [2.24, 2.45) is 0 Å². The quantitative estimate of drug-likeness (QED) is 0.759. The second-order valence-corrected chi connectivity index (χ2v) is 4.79. The van der Waals surface area contributed by atoms with E-state index in [2.05, 4.69) is 5.32 Å². The summed E-state index contributed by atoms with van der Waals surface area (Å²) in [5, 5.41) is 11.7. The van der Waals surface area contributed by atoms with Crippen LogP contribution in [0.25, 0.3) is 6.08 Å². The second kappa shape index (κ2) is 8.32. The molecular weight excluding hydrogens is 294 g/mol. The van der Waals surface area contributed by atoms with E-state index in [1.165, 1.54) is 6.08 Å². The Labute approximate surface area is 128 Å². The molecule has 114 valence electrons. The SMILES string of the molecule is CCCNC(=O)C(C)Oc1c(Cl)cccc1/C=C/C(=O)O. The number of para-hydroxylation sites is 1. The normalized spacial score (nSPS) is 12.1. The average Bonchev–Trinajstić information content (AvgIpc) is 2.45. The van der Waals surface area contributed by atoms with Crippen LogP contribution < -0.4 is 10.1 Å². The van der Waals surface area contributed by atoms with Crippen LogP contribution in [0, 0.1) is 0 Å². The van der Waals surface area contributed by atoms with Crippen molar-refractivity contribution in [3.8, 4) is 5.75 Å². The van der Waals surface area contributed by atoms with E-state index in [0.29, 0.717) is 17.1 Å². The molecule has 0 saturated carbocycles. The number of amides is 1. The van der Waals surface area contributed by atoms with E-state index in [9.17, 15) is 9.59 Å². The molecule has 6 heteroatoms. The Morgan fingerprint density at radius 1 is 1.48 bits per heavy atom. The van der Waals surface area contributed by atoms with E-state index in [4.69, 9.17) is 21.4 Å². The molecule has 0 spiro atoms. The number of benzene rings is 1. The molecule has 0 aliphatic heterocycles. The van der Waals surface area contributed by atoms with Crippen LogP contribution in [0.2, 0.25) is 5.02 Å². The van der Waals surface area contributed by atoms with Crippen LogP contribution in [-0.4, -0.2) is 29.6 Å². The lowest BCUT2D eigenvalue weighted by Gasteiger charge is -2.17. The molecule has 5 nitrogen and oxygen atoms in total. The third-order valence-electron chi connectivity index (χ3n) is 2.62. The third kappa shape index (κ3) is 5.47. The summed E-state index contributed by atoms with van der Waals surface area (Å²) in [6.45, 7) is 4.13. The number of carboxylic acids is 1. The fraction of sp³-hybridized carbons (Fsp3) is 0.333. The van der Waals surface area contributed by atoms with Crippen LogP contribution in [-0.2, 0) is 9.59 Å². The number of hydrogen-bond donors (Lipinski definition) is 2. The van der Waals surface area contributed by atoms with E-state index in [1.54, 1.807) is 25.1 Å². The number of halogens is 1. The maximum atomic E-state index is 11.8. The second-order valence-electron chi connectivity index (χ2n) is 4.38. The highest BCUT2D eigenvalue weighted by molar-refractivity contribution is 6.32. The van der Waals surface area contributed by atoms with Crippen molar-refractivity contribution in [3.05, 3.63) is 34.9 Å². The van der Waals surface area contributed by atoms with E-state index < -0.39 is 12.1 Å². The number of carbonyl (C=O) groups excluding carboxylic acids is 1. The van der Waals surface area contributed by atoms with Gasteiger partial charge in [-0.15, -0.1) is 0 Å². The van der Waals surface area contributed by atoms with Crippen molar-refractivity contribution >= 4 is 29.6 Å². The Kier molecular flexibility index (Phi) is 6.75. The van der Waals surface area contributed by atoms with E-state index in [-0.39, 0.29) is 11.7 Å². The Bertz CT molecular complexity index is 542. The number of ether oxygens (including phenoxy) is 1. The van der Waals surface area contributed by atoms with Gasteiger partial charge >= 0.3 is 5.97 Å². The molecule has 0 aliphatic rings. The lowest BCUT2D eigenvalue weighted by Crippen LogP contribution is -2.36. The summed E-state index contributed by atoms with van der Waals surface area (Å²) in [6, 6.07) is 4.96. The molecule has 1 atom stereocenters. The first kappa shape index (κ1) is 17.0. The number of nitrogens with one attached hydrogen (secondary N) is 1. The van der Waals surface area contributed by atoms with Crippen LogP contribution in [0.1, 0.15) is 25.8 Å². The van der Waals surface area contributed by atoms with Gasteiger partial charge in [0.1, 0.15) is 5.75 Å². The Morgan fingerprint density at radius 3 is 2.81 bits per heavy atom. The maximum absolute atomic E-state index is 11.8. The molecule has 0 bridgehead atoms. The molecule has 1 aromatic carbocycles. The van der Waals surface area contributed by atoms with E-state index >= 15 is 0 Å². The fourth-order valence-electron chi connectivity index (χ4n) is 1.56. The van der Waals surface area contributed by atoms with Gasteiger partial charge < -0.3 is 15.2 Å². The highest BCUT2D eigenvalue weighted by Gasteiger charge is 2.17. The van der Waals surface area contributed by atoms with Gasteiger partial charge in [0.05, 0.1) is 5.02 Å². The molecule has 0 saturated heterocycles. The third-order valence-corrected chi connectivity index (χ3v) is 2.91. The molecule has 0 radical (unpaired) electrons. The van der Waals surface area contributed by atoms with Gasteiger partial charge in [-0.05, 0) is 25.5 Å². The van der Waals surface area contributed by atoms with Crippen LogP contribution in [0.5, 0.6) is 5.75 Å². The number of hydrogen-bond acceptors (Lipinski definition) is 3. The van der Waals surface area contributed by atoms with Gasteiger partial charge in [0.25, 0.3) is 5.91 Å². The predicted octanol–water partition coefficient (Wildman–Crippen LogP) is 2.73. The minimum absolute atomic E-state index is 0.245. The molecule has 1 unspecified atom stereocenters. The Morgan fingerprint density at radius 2 is 2.19 bits per heavy atom. The van der Waals surface area contributed by atoms with Crippen molar-refractivity contribution in [3.63, 3.8) is 0 Å². The predicted molar refractivity (Wildman–Crippen MR) is 81.5 cm³/mol. The lowest BCUT2D eigenvalue weighted by atomic mass is 10.2. The summed E-state index contributed by atoms with van der Waals surface area (Å²) in [5.41, 5.74) is 0.500. The van der Waals surface area contributed by atoms with E-state index in [0.717, 1.165) is 12.5 Å². The van der Waals surface area contributed by atoms with Crippen molar-refractivity contribution in [1.29, 1.82) is 0 Å². The molecule has 1 rings (SSSR count). The minimum atomic E-state index is -1.07. The van der Waals surface area contributed by atoms with Crippen molar-refractivity contribution in [2.75, 3.05) is 6.54 Å². The van der Waals surface area contributed by atoms with Crippen LogP contribution in [0.15, 0.2) is 24.3 Å². The summed E-state index contributed by atoms with van der Waals surface area (Å²) in [5.74, 6) is -1.03. The molecule has 0 aliphatic carbocycles. The zero-order valence-corrected chi connectivity index (χ0v) is 12.7. The van der Waals surface area contributed by atoms with Gasteiger partial charge in [0.15, 0.2) is 6.10 Å². The first-order valence-corrected chi connectivity index (χ1v) is 6.97. The number of carbonyl (C=O) groups is 2. The molecule has 2 N–H and O–H groups in total. The van der Waals surface area contributed by atoms with Gasteiger partial charge in [-0.2, -0.15) is 0 Å². The summed E-state index contributed by atoms with van der Waals surface area (Å²) in [7, 11) is 0. The van der Waals surface area contributed by atoms with Crippen molar-refractivity contribution in [2.45, 2.75) is 26.4 Å². The first-order chi connectivity index (χ1) is 9.95. The standard InChI is InChI=1S/C15H18ClNO4/c1-3-9-17-15(20)10(2)21-14-11(7-8-13(18)19)5-4-6-12(14)16/h4-8,10H,3,9H2,1-2H3,(H,17,20)(H,18,19)/b8-7+. The minimum Gasteiger partial charge on any atom is -0.479 e. The molecule has 0 aromatic heterocycles. The fourth-order valence-corrected chi connectivity index (χ4v) is 1.79. The zero-order chi connectivity index (χ0) is 15.8. The van der Waals surface area contributed by atoms with Crippen LogP contribution in [0.4, 0.5) is 0 Å². The topological polar surface area (TPSA) is 75.6 Å². The van der Waals surface area contributed by atoms with Crippen LogP contribution >= 0.6 is 11.6 Å². The first-order valence-electron chi connectivity index (χ1n) is 6.59. The monoisotopic (exact) mass is 311 g/mol. The van der Waals surface area contributed by atoms with Gasteiger partial charge in [-0.1, -0.05) is 30.7 Å². The zero-order valence-electron chi connectivity index (χ0n) is 11.9. The average molecular weight is 312 g/mol. The largest absolute Gasteiger partial charge is 0.479 e. The number of rotatable bonds is 7. The van der Waals surface area contributed by atoms with Gasteiger partial charge in [0, 0.05) is 18.2 Å². The highest BCUT2D eigenvalue weighted by atomic mass is 35.5. The van der Waals surface area contributed by atoms with E-state index in [1.807, 2.05) is 6.92 Å². The summed E-state index contributed by atoms with van der Waals surface area (Å²) >= 11 is 6.06. The summed E-state index contributed by atoms with van der Waals surface area (Å²) in [4.78, 5) is 22.4. The molecule has 0 heterocycles. The summed E-state index contributed by atoms with van der Waals surface area (Å²) in [6.07, 6.45) is 2.46. The Balaban J connectivity index is 2.91. The molecule has 1 amide bonds. The van der Waals surface area contributed by atoms with Gasteiger partial charge in [-0.25, -0.2) is 4.79 Å². The van der Waals surface area contributed by atoms with Crippen LogP contribution in [0.3, 0.4) is 0 Å². The highest BCUT2D eigenvalue weighted by Crippen LogP contribution is 2.30. The number of aliphatic carboxylic acids is 1. The van der Waals surface area contributed by atoms with Gasteiger partial charge in [-0.3, -0.25) is 4.79 Å². The summed E-state index contributed by atoms with van der Waals surface area (Å²) < 4.78 is 5.58. The smallest absolute Gasteiger partial charge is 0.328 e. The lowest BCUT2D eigenvalue weighted by molar-refractivity contribution is -0.131.